The highest BCUT2D eigenvalue weighted by molar-refractivity contribution is 4.69. The molecule has 1 rings (SSSR count). The quantitative estimate of drug-likeness (QED) is 0.667. The van der Waals surface area contributed by atoms with Crippen LogP contribution in [0.3, 0.4) is 0 Å². The van der Waals surface area contributed by atoms with Gasteiger partial charge in [0, 0.05) is 13.1 Å². The average molecular weight is 200 g/mol. The highest BCUT2D eigenvalue weighted by atomic mass is 16.3. The van der Waals surface area contributed by atoms with Gasteiger partial charge in [0.1, 0.15) is 0 Å². The van der Waals surface area contributed by atoms with E-state index in [1.807, 2.05) is 0 Å². The van der Waals surface area contributed by atoms with E-state index in [0.717, 1.165) is 12.5 Å². The Morgan fingerprint density at radius 1 is 1.43 bits per heavy atom. The first-order valence-corrected chi connectivity index (χ1v) is 5.79. The summed E-state index contributed by atoms with van der Waals surface area (Å²) in [6, 6.07) is 0. The van der Waals surface area contributed by atoms with Crippen molar-refractivity contribution in [2.24, 2.45) is 11.7 Å². The molecule has 0 bridgehead atoms. The molecule has 1 aliphatic carbocycles. The van der Waals surface area contributed by atoms with E-state index in [-0.39, 0.29) is 6.10 Å². The molecule has 1 fully saturated rings. The molecule has 14 heavy (non-hydrogen) atoms. The highest BCUT2D eigenvalue weighted by Gasteiger charge is 2.15. The molecule has 0 saturated heterocycles. The van der Waals surface area contributed by atoms with E-state index in [4.69, 9.17) is 5.73 Å². The van der Waals surface area contributed by atoms with Crippen molar-refractivity contribution >= 4 is 0 Å². The van der Waals surface area contributed by atoms with Gasteiger partial charge in [-0.15, -0.1) is 0 Å². The lowest BCUT2D eigenvalue weighted by Crippen LogP contribution is -2.35. The molecule has 3 heteroatoms. The van der Waals surface area contributed by atoms with Gasteiger partial charge in [-0.3, -0.25) is 0 Å². The summed E-state index contributed by atoms with van der Waals surface area (Å²) in [6.07, 6.45) is 6.58. The number of hydrogen-bond acceptors (Lipinski definition) is 3. The van der Waals surface area contributed by atoms with Crippen molar-refractivity contribution in [2.45, 2.75) is 38.2 Å². The summed E-state index contributed by atoms with van der Waals surface area (Å²) in [6.45, 7) is 2.18. The smallest absolute Gasteiger partial charge is 0.0788 e. The Balaban J connectivity index is 2.04. The van der Waals surface area contributed by atoms with E-state index < -0.39 is 0 Å². The lowest BCUT2D eigenvalue weighted by Gasteiger charge is -2.21. The van der Waals surface area contributed by atoms with Crippen LogP contribution in [-0.4, -0.2) is 42.8 Å². The number of hydrogen-bond donors (Lipinski definition) is 2. The number of nitrogens with two attached hydrogens (primary N) is 1. The second-order valence-corrected chi connectivity index (χ2v) is 4.59. The van der Waals surface area contributed by atoms with Crippen LogP contribution in [-0.2, 0) is 0 Å². The minimum Gasteiger partial charge on any atom is -0.390 e. The van der Waals surface area contributed by atoms with Gasteiger partial charge in [-0.1, -0.05) is 25.7 Å². The number of aliphatic hydroxyl groups is 1. The molecule has 0 aromatic carbocycles. The third kappa shape index (κ3) is 4.40. The van der Waals surface area contributed by atoms with Crippen LogP contribution in [0.5, 0.6) is 0 Å². The molecule has 84 valence electrons. The fourth-order valence-electron chi connectivity index (χ4n) is 2.23. The van der Waals surface area contributed by atoms with Crippen LogP contribution in [0.4, 0.5) is 0 Å². The summed E-state index contributed by atoms with van der Waals surface area (Å²) in [5, 5.41) is 9.35. The summed E-state index contributed by atoms with van der Waals surface area (Å²) in [4.78, 5) is 2.19. The zero-order valence-corrected chi connectivity index (χ0v) is 9.28. The first kappa shape index (κ1) is 12.0. The Bertz CT molecular complexity index is 146. The first-order chi connectivity index (χ1) is 6.72. The van der Waals surface area contributed by atoms with Crippen LogP contribution in [0.15, 0.2) is 0 Å². The predicted octanol–water partition coefficient (Wildman–Crippen LogP) is 0.818. The number of aliphatic hydroxyl groups excluding tert-OH is 1. The van der Waals surface area contributed by atoms with Crippen molar-refractivity contribution in [2.75, 3.05) is 26.7 Å². The van der Waals surface area contributed by atoms with Crippen LogP contribution in [0.1, 0.15) is 32.1 Å². The summed E-state index contributed by atoms with van der Waals surface area (Å²) in [5.41, 5.74) is 5.36. The fraction of sp³-hybridized carbons (Fsp3) is 1.00. The van der Waals surface area contributed by atoms with E-state index in [0.29, 0.717) is 13.1 Å². The topological polar surface area (TPSA) is 49.5 Å². The van der Waals surface area contributed by atoms with Crippen LogP contribution < -0.4 is 5.73 Å². The molecule has 1 aliphatic rings. The minimum atomic E-state index is -0.358. The highest BCUT2D eigenvalue weighted by Crippen LogP contribution is 2.27. The van der Waals surface area contributed by atoms with E-state index in [1.54, 1.807) is 0 Å². The van der Waals surface area contributed by atoms with Crippen LogP contribution in [0.2, 0.25) is 0 Å². The molecule has 0 radical (unpaired) electrons. The Morgan fingerprint density at radius 2 is 2.07 bits per heavy atom. The molecule has 1 saturated carbocycles. The lowest BCUT2D eigenvalue weighted by molar-refractivity contribution is 0.129. The third-order valence-corrected chi connectivity index (χ3v) is 3.19. The average Bonchev–Trinajstić information content (AvgIpc) is 2.67. The zero-order valence-electron chi connectivity index (χ0n) is 9.28. The van der Waals surface area contributed by atoms with E-state index >= 15 is 0 Å². The van der Waals surface area contributed by atoms with Gasteiger partial charge in [0.2, 0.25) is 0 Å². The summed E-state index contributed by atoms with van der Waals surface area (Å²) in [7, 11) is 2.06. The van der Waals surface area contributed by atoms with Gasteiger partial charge in [0.05, 0.1) is 6.10 Å². The molecule has 0 spiro atoms. The van der Waals surface area contributed by atoms with Gasteiger partial charge in [-0.05, 0) is 25.9 Å². The molecule has 3 N–H and O–H groups in total. The van der Waals surface area contributed by atoms with Gasteiger partial charge in [-0.25, -0.2) is 0 Å². The SMILES string of the molecule is CN(CCC1CCCC1)CC(O)CN. The lowest BCUT2D eigenvalue weighted by atomic mass is 10.0. The van der Waals surface area contributed by atoms with Gasteiger partial charge < -0.3 is 15.7 Å². The second-order valence-electron chi connectivity index (χ2n) is 4.59. The molecule has 0 aliphatic heterocycles. The summed E-state index contributed by atoms with van der Waals surface area (Å²) in [5.74, 6) is 0.937. The molecule has 0 aromatic heterocycles. The van der Waals surface area contributed by atoms with Gasteiger partial charge in [-0.2, -0.15) is 0 Å². The molecule has 0 heterocycles. The minimum absolute atomic E-state index is 0.358. The Labute approximate surface area is 87.3 Å². The van der Waals surface area contributed by atoms with E-state index in [2.05, 4.69) is 11.9 Å². The zero-order chi connectivity index (χ0) is 10.4. The maximum atomic E-state index is 9.35. The number of nitrogens with zero attached hydrogens (tertiary/aromatic N) is 1. The van der Waals surface area contributed by atoms with Gasteiger partial charge >= 0.3 is 0 Å². The number of likely N-dealkylation sites (N-methyl/N-ethyl adjacent to an activating group) is 1. The molecular weight excluding hydrogens is 176 g/mol. The first-order valence-electron chi connectivity index (χ1n) is 5.79. The summed E-state index contributed by atoms with van der Waals surface area (Å²) < 4.78 is 0. The summed E-state index contributed by atoms with van der Waals surface area (Å²) >= 11 is 0. The Morgan fingerprint density at radius 3 is 2.64 bits per heavy atom. The van der Waals surface area contributed by atoms with E-state index in [9.17, 15) is 5.11 Å². The van der Waals surface area contributed by atoms with E-state index in [1.165, 1.54) is 32.1 Å². The van der Waals surface area contributed by atoms with Crippen LogP contribution in [0, 0.1) is 5.92 Å². The standard InChI is InChI=1S/C11H24N2O/c1-13(9-11(14)8-12)7-6-10-4-2-3-5-10/h10-11,14H,2-9,12H2,1H3. The van der Waals surface area contributed by atoms with Crippen LogP contribution in [0.25, 0.3) is 0 Å². The molecule has 0 amide bonds. The van der Waals surface area contributed by atoms with Crippen molar-refractivity contribution in [3.63, 3.8) is 0 Å². The fourth-order valence-corrected chi connectivity index (χ4v) is 2.23. The Hall–Kier alpha value is -0.120. The molecule has 1 atom stereocenters. The van der Waals surface area contributed by atoms with Gasteiger partial charge in [0.15, 0.2) is 0 Å². The van der Waals surface area contributed by atoms with Crippen molar-refractivity contribution in [3.8, 4) is 0 Å². The van der Waals surface area contributed by atoms with Crippen molar-refractivity contribution in [1.82, 2.24) is 4.90 Å². The second kappa shape index (κ2) is 6.38. The molecule has 1 unspecified atom stereocenters. The Kier molecular flexibility index (Phi) is 5.45. The van der Waals surface area contributed by atoms with Crippen LogP contribution >= 0.6 is 0 Å². The molecular formula is C11H24N2O. The normalized spacial score (nSPS) is 20.6. The maximum absolute atomic E-state index is 9.35. The van der Waals surface area contributed by atoms with Crippen molar-refractivity contribution < 1.29 is 5.11 Å². The predicted molar refractivity (Wildman–Crippen MR) is 59.1 cm³/mol. The third-order valence-electron chi connectivity index (χ3n) is 3.19. The largest absolute Gasteiger partial charge is 0.390 e. The monoisotopic (exact) mass is 200 g/mol. The van der Waals surface area contributed by atoms with Gasteiger partial charge in [0.25, 0.3) is 0 Å². The maximum Gasteiger partial charge on any atom is 0.0788 e. The van der Waals surface area contributed by atoms with Crippen molar-refractivity contribution in [1.29, 1.82) is 0 Å². The molecule has 0 aromatic rings. The number of rotatable bonds is 6. The van der Waals surface area contributed by atoms with Crippen molar-refractivity contribution in [3.05, 3.63) is 0 Å². The molecule has 3 nitrogen and oxygen atoms in total.